The summed E-state index contributed by atoms with van der Waals surface area (Å²) >= 11 is 25.8. The lowest BCUT2D eigenvalue weighted by atomic mass is 9.98. The number of rotatable bonds is 8. The Balaban J connectivity index is 1.18. The molecule has 7 aromatic rings. The van der Waals surface area contributed by atoms with E-state index in [4.69, 9.17) is 51.5 Å². The first-order valence-corrected chi connectivity index (χ1v) is 22.8. The maximum atomic E-state index is 14.7. The molecule has 1 N–H and O–H groups in total. The van der Waals surface area contributed by atoms with Gasteiger partial charge in [0.05, 0.1) is 26.9 Å². The number of anilines is 1. The third-order valence-electron chi connectivity index (χ3n) is 11.0. The lowest BCUT2D eigenvalue weighted by Gasteiger charge is -2.35. The molecule has 0 radical (unpaired) electrons. The molecule has 320 valence electrons. The third-order valence-corrected chi connectivity index (χ3v) is 13.6. The predicted molar refractivity (Wildman–Crippen MR) is 250 cm³/mol. The molecule has 0 bridgehead atoms. The summed E-state index contributed by atoms with van der Waals surface area (Å²) in [7, 11) is -4.44. The highest BCUT2D eigenvalue weighted by atomic mass is 35.5. The fourth-order valence-corrected chi connectivity index (χ4v) is 9.54. The van der Waals surface area contributed by atoms with Gasteiger partial charge in [-0.15, -0.1) is 0 Å². The van der Waals surface area contributed by atoms with Crippen molar-refractivity contribution in [1.29, 1.82) is 0 Å². The molecular weight excluding hydrogens is 900 g/mol. The summed E-state index contributed by atoms with van der Waals surface area (Å²) in [6, 6.07) is 34.4. The van der Waals surface area contributed by atoms with Gasteiger partial charge in [0, 0.05) is 55.7 Å². The van der Waals surface area contributed by atoms with Gasteiger partial charge in [-0.3, -0.25) is 14.4 Å². The van der Waals surface area contributed by atoms with Crippen LogP contribution in [0.2, 0.25) is 20.1 Å². The number of halogens is 4. The van der Waals surface area contributed by atoms with Crippen molar-refractivity contribution in [1.82, 2.24) is 19.4 Å². The van der Waals surface area contributed by atoms with Crippen molar-refractivity contribution in [3.05, 3.63) is 175 Å². The highest BCUT2D eigenvalue weighted by Crippen LogP contribution is 2.35. The van der Waals surface area contributed by atoms with E-state index < -0.39 is 33.3 Å². The van der Waals surface area contributed by atoms with E-state index in [2.05, 4.69) is 4.72 Å². The van der Waals surface area contributed by atoms with Gasteiger partial charge in [-0.25, -0.2) is 17.8 Å². The number of hydrogen-bond donors (Lipinski definition) is 1. The molecule has 0 atom stereocenters. The predicted octanol–water partition coefficient (Wildman–Crippen LogP) is 11.4. The van der Waals surface area contributed by atoms with Crippen LogP contribution in [0, 0.1) is 6.92 Å². The summed E-state index contributed by atoms with van der Waals surface area (Å²) in [5.74, 6) is -1.90. The third kappa shape index (κ3) is 8.68. The van der Waals surface area contributed by atoms with E-state index in [0.29, 0.717) is 51.7 Å². The number of amides is 3. The van der Waals surface area contributed by atoms with Gasteiger partial charge in [0.15, 0.2) is 5.69 Å². The number of nitrogens with one attached hydrogen (secondary N) is 1. The number of benzene rings is 6. The zero-order valence-electron chi connectivity index (χ0n) is 34.4. The van der Waals surface area contributed by atoms with Gasteiger partial charge in [-0.2, -0.15) is 5.10 Å². The first-order chi connectivity index (χ1) is 29.9. The van der Waals surface area contributed by atoms with Crippen LogP contribution < -0.4 is 9.62 Å². The van der Waals surface area contributed by atoms with E-state index in [1.807, 2.05) is 81.4 Å². The zero-order valence-corrected chi connectivity index (χ0v) is 38.3. The fourth-order valence-electron chi connectivity index (χ4n) is 7.77. The molecule has 3 amide bonds. The Morgan fingerprint density at radius 2 is 1.44 bits per heavy atom. The largest absolute Gasteiger partial charge is 0.334 e. The molecule has 0 saturated heterocycles. The van der Waals surface area contributed by atoms with Crippen molar-refractivity contribution in [2.75, 3.05) is 11.4 Å². The monoisotopic (exact) mass is 937 g/mol. The summed E-state index contributed by atoms with van der Waals surface area (Å²) in [5.41, 5.74) is 4.18. The van der Waals surface area contributed by atoms with Crippen LogP contribution in [0.4, 0.5) is 5.69 Å². The van der Waals surface area contributed by atoms with Crippen LogP contribution >= 0.6 is 46.4 Å². The average molecular weight is 940 g/mol. The molecule has 15 heteroatoms. The standard InChI is InChI=1S/C48H39Cl4N5O5S/c1-28-43(52)44(47(60)56(48(2,3)4)35-11-7-10-31(24-35)30-12-15-34(49)16-13-30)53-57(28)42-21-14-32(25-39(42)46(59)55-23-22-29-8-5-6-9-33(29)27-55)45(58)54-63(61,62)36-17-18-37-38(26-36)41(51)20-19-40(37)50/h5-21,24-26H,22-23,27H2,1-4H3,(H,54,58). The summed E-state index contributed by atoms with van der Waals surface area (Å²) in [6.45, 7) is 8.06. The van der Waals surface area contributed by atoms with Crippen LogP contribution in [-0.2, 0) is 23.0 Å². The van der Waals surface area contributed by atoms with Crippen LogP contribution in [-0.4, -0.2) is 52.9 Å². The maximum Gasteiger partial charge on any atom is 0.280 e. The van der Waals surface area contributed by atoms with Crippen molar-refractivity contribution in [3.63, 3.8) is 0 Å². The first-order valence-electron chi connectivity index (χ1n) is 19.8. The molecule has 0 unspecified atom stereocenters. The van der Waals surface area contributed by atoms with E-state index in [1.54, 1.807) is 41.0 Å². The van der Waals surface area contributed by atoms with E-state index in [0.717, 1.165) is 22.3 Å². The lowest BCUT2D eigenvalue weighted by molar-refractivity contribution is 0.0734. The average Bonchev–Trinajstić information content (AvgIpc) is 3.56. The summed E-state index contributed by atoms with van der Waals surface area (Å²) in [4.78, 5) is 46.4. The first kappa shape index (κ1) is 43.9. The zero-order chi connectivity index (χ0) is 45.0. The van der Waals surface area contributed by atoms with Crippen molar-refractivity contribution < 1.29 is 22.8 Å². The number of nitrogens with zero attached hydrogens (tertiary/aromatic N) is 4. The second kappa shape index (κ2) is 17.1. The minimum Gasteiger partial charge on any atom is -0.334 e. The number of carbonyl (C=O) groups excluding carboxylic acids is 3. The number of aromatic nitrogens is 2. The van der Waals surface area contributed by atoms with Gasteiger partial charge in [0.25, 0.3) is 27.7 Å². The lowest BCUT2D eigenvalue weighted by Crippen LogP contribution is -2.46. The Morgan fingerprint density at radius 3 is 2.16 bits per heavy atom. The Bertz CT molecular complexity index is 3110. The smallest absolute Gasteiger partial charge is 0.280 e. The van der Waals surface area contributed by atoms with E-state index in [1.165, 1.54) is 41.1 Å². The molecular formula is C48H39Cl4N5O5S. The highest BCUT2D eigenvalue weighted by Gasteiger charge is 2.35. The second-order valence-electron chi connectivity index (χ2n) is 16.2. The van der Waals surface area contributed by atoms with Gasteiger partial charge < -0.3 is 9.80 Å². The molecule has 2 heterocycles. The van der Waals surface area contributed by atoms with Crippen LogP contribution in [0.5, 0.6) is 0 Å². The molecule has 63 heavy (non-hydrogen) atoms. The summed E-state index contributed by atoms with van der Waals surface area (Å²) in [6.07, 6.45) is 0.601. The van der Waals surface area contributed by atoms with Gasteiger partial charge in [0.1, 0.15) is 0 Å². The number of hydrogen-bond acceptors (Lipinski definition) is 6. The van der Waals surface area contributed by atoms with E-state index in [9.17, 15) is 22.8 Å². The van der Waals surface area contributed by atoms with Crippen molar-refractivity contribution in [2.24, 2.45) is 0 Å². The van der Waals surface area contributed by atoms with Gasteiger partial charge in [-0.05, 0) is 123 Å². The number of sulfonamides is 1. The molecule has 0 spiro atoms. The minimum absolute atomic E-state index is 0.0381. The quantitative estimate of drug-likeness (QED) is 0.162. The van der Waals surface area contributed by atoms with E-state index in [-0.39, 0.29) is 37.4 Å². The highest BCUT2D eigenvalue weighted by molar-refractivity contribution is 7.90. The second-order valence-corrected chi connectivity index (χ2v) is 19.5. The normalized spacial score (nSPS) is 12.9. The fraction of sp³-hybridized carbons (Fsp3) is 0.167. The molecule has 0 saturated carbocycles. The van der Waals surface area contributed by atoms with Gasteiger partial charge in [-0.1, -0.05) is 101 Å². The number of carbonyl (C=O) groups is 3. The van der Waals surface area contributed by atoms with Crippen LogP contribution in [0.1, 0.15) is 68.8 Å². The Labute approximate surface area is 385 Å². The molecule has 1 aromatic heterocycles. The number of fused-ring (bicyclic) bond motifs is 2. The Hall–Kier alpha value is -5.69. The van der Waals surface area contributed by atoms with Crippen molar-refractivity contribution in [2.45, 2.75) is 51.1 Å². The molecule has 10 nitrogen and oxygen atoms in total. The molecule has 8 rings (SSSR count). The summed E-state index contributed by atoms with van der Waals surface area (Å²) in [5, 5.41) is 7.03. The van der Waals surface area contributed by atoms with Gasteiger partial charge >= 0.3 is 0 Å². The van der Waals surface area contributed by atoms with Crippen LogP contribution in [0.15, 0.2) is 126 Å². The van der Waals surface area contributed by atoms with Gasteiger partial charge in [0.2, 0.25) is 0 Å². The SMILES string of the molecule is Cc1c(Cl)c(C(=O)N(c2cccc(-c3ccc(Cl)cc3)c2)C(C)(C)C)nn1-c1ccc(C(=O)NS(=O)(=O)c2ccc3c(Cl)ccc(Cl)c3c2)cc1C(=O)N1CCc2ccccc2C1. The topological polar surface area (TPSA) is 122 Å². The van der Waals surface area contributed by atoms with Crippen molar-refractivity contribution in [3.8, 4) is 16.8 Å². The maximum absolute atomic E-state index is 14.7. The molecule has 0 fully saturated rings. The van der Waals surface area contributed by atoms with Crippen LogP contribution in [0.25, 0.3) is 27.6 Å². The molecule has 0 aliphatic carbocycles. The van der Waals surface area contributed by atoms with Crippen LogP contribution in [0.3, 0.4) is 0 Å². The molecule has 6 aromatic carbocycles. The Morgan fingerprint density at radius 1 is 0.746 bits per heavy atom. The van der Waals surface area contributed by atoms with Crippen molar-refractivity contribution >= 4 is 90.6 Å². The van der Waals surface area contributed by atoms with E-state index >= 15 is 0 Å². The molecule has 1 aliphatic rings. The molecule has 1 aliphatic heterocycles. The minimum atomic E-state index is -4.44. The Kier molecular flexibility index (Phi) is 11.9. The summed E-state index contributed by atoms with van der Waals surface area (Å²) < 4.78 is 30.9.